The van der Waals surface area contributed by atoms with Gasteiger partial charge >= 0.3 is 0 Å². The van der Waals surface area contributed by atoms with Crippen molar-refractivity contribution in [1.82, 2.24) is 0 Å². The van der Waals surface area contributed by atoms with Gasteiger partial charge in [0.25, 0.3) is 0 Å². The number of aliphatic hydroxyl groups excluding tert-OH is 1. The van der Waals surface area contributed by atoms with E-state index in [2.05, 4.69) is 0 Å². The minimum Gasteiger partial charge on any atom is -0.392 e. The van der Waals surface area contributed by atoms with Gasteiger partial charge in [-0.3, -0.25) is 0 Å². The standard InChI is InChI=1S/C10H11ClOS/c11-10-4-1-3-9(7-10)8-13-6-2-5-12/h1-4,6-7,12H,5,8H2/b6-2+. The minimum absolute atomic E-state index is 0.0997. The highest BCUT2D eigenvalue weighted by atomic mass is 35.5. The normalized spacial score (nSPS) is 10.9. The Balaban J connectivity index is 2.41. The minimum atomic E-state index is 0.0997. The molecule has 0 fully saturated rings. The Bertz CT molecular complexity index is 286. The van der Waals surface area contributed by atoms with Crippen molar-refractivity contribution < 1.29 is 5.11 Å². The third kappa shape index (κ3) is 4.36. The molecule has 0 bridgehead atoms. The van der Waals surface area contributed by atoms with Gasteiger partial charge in [0.05, 0.1) is 6.61 Å². The zero-order valence-electron chi connectivity index (χ0n) is 7.11. The highest BCUT2D eigenvalue weighted by molar-refractivity contribution is 8.01. The van der Waals surface area contributed by atoms with Crippen molar-refractivity contribution in [2.45, 2.75) is 5.75 Å². The van der Waals surface area contributed by atoms with Gasteiger partial charge < -0.3 is 5.11 Å². The van der Waals surface area contributed by atoms with E-state index in [9.17, 15) is 0 Å². The molecule has 1 rings (SSSR count). The Labute approximate surface area is 87.4 Å². The fourth-order valence-electron chi connectivity index (χ4n) is 0.882. The monoisotopic (exact) mass is 214 g/mol. The molecule has 1 aromatic carbocycles. The van der Waals surface area contributed by atoms with Crippen molar-refractivity contribution in [3.8, 4) is 0 Å². The Kier molecular flexibility index (Phi) is 4.98. The van der Waals surface area contributed by atoms with Gasteiger partial charge in [0.1, 0.15) is 0 Å². The van der Waals surface area contributed by atoms with Crippen molar-refractivity contribution in [3.63, 3.8) is 0 Å². The first-order valence-corrected chi connectivity index (χ1v) is 5.37. The van der Waals surface area contributed by atoms with Crippen LogP contribution in [-0.2, 0) is 5.75 Å². The van der Waals surface area contributed by atoms with Gasteiger partial charge in [-0.2, -0.15) is 0 Å². The predicted octanol–water partition coefficient (Wildman–Crippen LogP) is 3.08. The van der Waals surface area contributed by atoms with Gasteiger partial charge in [-0.25, -0.2) is 0 Å². The Morgan fingerprint density at radius 1 is 1.46 bits per heavy atom. The van der Waals surface area contributed by atoms with Gasteiger partial charge in [0.15, 0.2) is 0 Å². The molecule has 0 saturated carbocycles. The van der Waals surface area contributed by atoms with Crippen molar-refractivity contribution in [1.29, 1.82) is 0 Å². The highest BCUT2D eigenvalue weighted by Gasteiger charge is 1.92. The molecular weight excluding hydrogens is 204 g/mol. The van der Waals surface area contributed by atoms with Crippen molar-refractivity contribution in [3.05, 3.63) is 46.3 Å². The SMILES string of the molecule is OC/C=C/SCc1cccc(Cl)c1. The molecule has 0 radical (unpaired) electrons. The van der Waals surface area contributed by atoms with E-state index in [0.29, 0.717) is 0 Å². The molecule has 0 heterocycles. The lowest BCUT2D eigenvalue weighted by molar-refractivity contribution is 0.343. The van der Waals surface area contributed by atoms with E-state index in [1.54, 1.807) is 17.8 Å². The summed E-state index contributed by atoms with van der Waals surface area (Å²) in [5.41, 5.74) is 1.19. The van der Waals surface area contributed by atoms with Gasteiger partial charge in [-0.15, -0.1) is 11.8 Å². The molecule has 0 aromatic heterocycles. The fraction of sp³-hybridized carbons (Fsp3) is 0.200. The van der Waals surface area contributed by atoms with Gasteiger partial charge in [-0.1, -0.05) is 29.8 Å². The lowest BCUT2D eigenvalue weighted by Crippen LogP contribution is -1.77. The summed E-state index contributed by atoms with van der Waals surface area (Å²) in [5, 5.41) is 11.1. The van der Waals surface area contributed by atoms with Crippen LogP contribution in [0.3, 0.4) is 0 Å². The lowest BCUT2D eigenvalue weighted by Gasteiger charge is -1.97. The smallest absolute Gasteiger partial charge is 0.0620 e. The number of thioether (sulfide) groups is 1. The van der Waals surface area contributed by atoms with Gasteiger partial charge in [-0.05, 0) is 23.1 Å². The molecule has 70 valence electrons. The van der Waals surface area contributed by atoms with Crippen molar-refractivity contribution >= 4 is 23.4 Å². The molecule has 0 atom stereocenters. The van der Waals surface area contributed by atoms with Crippen LogP contribution < -0.4 is 0 Å². The number of hydrogen-bond acceptors (Lipinski definition) is 2. The van der Waals surface area contributed by atoms with Crippen LogP contribution in [0.4, 0.5) is 0 Å². The summed E-state index contributed by atoms with van der Waals surface area (Å²) in [6.07, 6.45) is 1.72. The van der Waals surface area contributed by atoms with Gasteiger partial charge in [0.2, 0.25) is 0 Å². The second-order valence-electron chi connectivity index (χ2n) is 2.50. The van der Waals surface area contributed by atoms with E-state index in [4.69, 9.17) is 16.7 Å². The van der Waals surface area contributed by atoms with Crippen LogP contribution in [0.2, 0.25) is 5.02 Å². The van der Waals surface area contributed by atoms with Crippen LogP contribution in [0.15, 0.2) is 35.7 Å². The van der Waals surface area contributed by atoms with Crippen LogP contribution in [0.25, 0.3) is 0 Å². The summed E-state index contributed by atoms with van der Waals surface area (Å²) in [6.45, 7) is 0.0997. The molecule has 13 heavy (non-hydrogen) atoms. The largest absolute Gasteiger partial charge is 0.392 e. The van der Waals surface area contributed by atoms with Gasteiger partial charge in [0, 0.05) is 10.8 Å². The maximum atomic E-state index is 8.49. The molecular formula is C10H11ClOS. The summed E-state index contributed by atoms with van der Waals surface area (Å²) in [6, 6.07) is 7.78. The van der Waals surface area contributed by atoms with E-state index in [-0.39, 0.29) is 6.61 Å². The summed E-state index contributed by atoms with van der Waals surface area (Å²) in [4.78, 5) is 0. The molecule has 0 aliphatic rings. The predicted molar refractivity (Wildman–Crippen MR) is 59.0 cm³/mol. The van der Waals surface area contributed by atoms with Crippen molar-refractivity contribution in [2.75, 3.05) is 6.61 Å². The maximum Gasteiger partial charge on any atom is 0.0620 e. The fourth-order valence-corrected chi connectivity index (χ4v) is 1.79. The maximum absolute atomic E-state index is 8.49. The van der Waals surface area contributed by atoms with E-state index in [1.165, 1.54) is 5.56 Å². The zero-order chi connectivity index (χ0) is 9.52. The molecule has 1 aromatic rings. The number of aliphatic hydroxyl groups is 1. The van der Waals surface area contributed by atoms with Crippen LogP contribution >= 0.6 is 23.4 Å². The van der Waals surface area contributed by atoms with E-state index in [1.807, 2.05) is 29.7 Å². The van der Waals surface area contributed by atoms with E-state index in [0.717, 1.165) is 10.8 Å². The summed E-state index contributed by atoms with van der Waals surface area (Å²) >= 11 is 7.46. The molecule has 0 unspecified atom stereocenters. The van der Waals surface area contributed by atoms with Crippen LogP contribution in [-0.4, -0.2) is 11.7 Å². The summed E-state index contributed by atoms with van der Waals surface area (Å²) in [5.74, 6) is 0.886. The molecule has 0 saturated heterocycles. The second kappa shape index (κ2) is 6.08. The molecule has 0 amide bonds. The van der Waals surface area contributed by atoms with E-state index >= 15 is 0 Å². The van der Waals surface area contributed by atoms with E-state index < -0.39 is 0 Å². The molecule has 1 N–H and O–H groups in total. The summed E-state index contributed by atoms with van der Waals surface area (Å²) < 4.78 is 0. The lowest BCUT2D eigenvalue weighted by atomic mass is 10.2. The Morgan fingerprint density at radius 2 is 2.31 bits per heavy atom. The third-order valence-electron chi connectivity index (χ3n) is 1.44. The quantitative estimate of drug-likeness (QED) is 0.832. The van der Waals surface area contributed by atoms with Crippen molar-refractivity contribution in [2.24, 2.45) is 0 Å². The zero-order valence-corrected chi connectivity index (χ0v) is 8.68. The Morgan fingerprint density at radius 3 is 3.00 bits per heavy atom. The highest BCUT2D eigenvalue weighted by Crippen LogP contribution is 2.16. The first kappa shape index (κ1) is 10.6. The Hall–Kier alpha value is -0.440. The molecule has 1 nitrogen and oxygen atoms in total. The van der Waals surface area contributed by atoms with Crippen LogP contribution in [0, 0.1) is 0 Å². The molecule has 0 spiro atoms. The average molecular weight is 215 g/mol. The average Bonchev–Trinajstić information content (AvgIpc) is 2.13. The first-order chi connectivity index (χ1) is 6.33. The number of halogens is 1. The topological polar surface area (TPSA) is 20.2 Å². The number of benzene rings is 1. The summed E-state index contributed by atoms with van der Waals surface area (Å²) in [7, 11) is 0. The van der Waals surface area contributed by atoms with Crippen LogP contribution in [0.1, 0.15) is 5.56 Å². The molecule has 3 heteroatoms. The third-order valence-corrected chi connectivity index (χ3v) is 2.56. The number of rotatable bonds is 4. The first-order valence-electron chi connectivity index (χ1n) is 3.95. The second-order valence-corrected chi connectivity index (χ2v) is 3.83. The number of hydrogen-bond donors (Lipinski definition) is 1. The molecule has 0 aliphatic heterocycles. The molecule has 0 aliphatic carbocycles. The van der Waals surface area contributed by atoms with Crippen LogP contribution in [0.5, 0.6) is 0 Å².